The van der Waals surface area contributed by atoms with Crippen LogP contribution in [0.15, 0.2) is 41.2 Å². The summed E-state index contributed by atoms with van der Waals surface area (Å²) in [6.45, 7) is 3.44. The molecule has 1 aromatic carbocycles. The molecule has 0 fully saturated rings. The highest BCUT2D eigenvalue weighted by molar-refractivity contribution is 7.13. The maximum absolute atomic E-state index is 12.7. The van der Waals surface area contributed by atoms with Crippen molar-refractivity contribution in [2.45, 2.75) is 20.3 Å². The Labute approximate surface area is 204 Å². The average molecular weight is 498 g/mol. The molecule has 0 aliphatic carbocycles. The van der Waals surface area contributed by atoms with Gasteiger partial charge in [-0.1, -0.05) is 0 Å². The number of carbonyl (C=O) groups excluding carboxylic acids is 2. The van der Waals surface area contributed by atoms with E-state index in [0.29, 0.717) is 22.8 Å². The Morgan fingerprint density at radius 1 is 1.06 bits per heavy atom. The average Bonchev–Trinajstić information content (AvgIpc) is 3.58. The van der Waals surface area contributed by atoms with E-state index in [4.69, 9.17) is 14.2 Å². The lowest BCUT2D eigenvalue weighted by Crippen LogP contribution is -2.16. The molecule has 0 radical (unpaired) electrons. The predicted octanol–water partition coefficient (Wildman–Crippen LogP) is 4.66. The molecule has 10 heteroatoms. The maximum Gasteiger partial charge on any atom is 0.312 e. The molecule has 4 aromatic rings. The van der Waals surface area contributed by atoms with Gasteiger partial charge in [0.2, 0.25) is 5.78 Å². The number of ketones is 1. The summed E-state index contributed by atoms with van der Waals surface area (Å²) in [6.07, 6.45) is 1.70. The molecule has 0 aliphatic rings. The van der Waals surface area contributed by atoms with E-state index in [-0.39, 0.29) is 18.8 Å². The Kier molecular flexibility index (Phi) is 7.09. The van der Waals surface area contributed by atoms with Crippen LogP contribution in [0.1, 0.15) is 27.4 Å². The zero-order valence-electron chi connectivity index (χ0n) is 19.2. The number of hydrogen-bond donors (Lipinski definition) is 0. The molecular formula is C24H23N3O5S2. The van der Waals surface area contributed by atoms with E-state index in [1.807, 2.05) is 35.9 Å². The van der Waals surface area contributed by atoms with E-state index in [1.54, 1.807) is 37.9 Å². The van der Waals surface area contributed by atoms with Crippen LogP contribution in [-0.4, -0.2) is 47.1 Å². The summed E-state index contributed by atoms with van der Waals surface area (Å²) in [6, 6.07) is 7.31. The highest BCUT2D eigenvalue weighted by Gasteiger charge is 2.20. The second kappa shape index (κ2) is 10.2. The van der Waals surface area contributed by atoms with Crippen molar-refractivity contribution in [1.29, 1.82) is 0 Å². The summed E-state index contributed by atoms with van der Waals surface area (Å²) in [4.78, 5) is 33.9. The molecule has 0 spiro atoms. The minimum absolute atomic E-state index is 0.0186. The van der Waals surface area contributed by atoms with E-state index in [2.05, 4.69) is 9.97 Å². The smallest absolute Gasteiger partial charge is 0.312 e. The van der Waals surface area contributed by atoms with Crippen molar-refractivity contribution in [2.24, 2.45) is 0 Å². The second-order valence-electron chi connectivity index (χ2n) is 7.41. The summed E-state index contributed by atoms with van der Waals surface area (Å²) in [5.74, 6) is 0.465. The van der Waals surface area contributed by atoms with E-state index >= 15 is 0 Å². The summed E-state index contributed by atoms with van der Waals surface area (Å²) < 4.78 is 17.8. The van der Waals surface area contributed by atoms with Crippen molar-refractivity contribution in [3.8, 4) is 27.2 Å². The number of methoxy groups -OCH3 is 2. The molecule has 0 unspecified atom stereocenters. The molecule has 0 saturated carbocycles. The van der Waals surface area contributed by atoms with Crippen LogP contribution in [0.3, 0.4) is 0 Å². The zero-order valence-corrected chi connectivity index (χ0v) is 20.8. The van der Waals surface area contributed by atoms with Gasteiger partial charge in [-0.15, -0.1) is 22.7 Å². The molecule has 0 amide bonds. The molecule has 0 aliphatic heterocycles. The normalized spacial score (nSPS) is 10.8. The first-order valence-electron chi connectivity index (χ1n) is 10.4. The van der Waals surface area contributed by atoms with E-state index < -0.39 is 5.97 Å². The standard InChI is InChI=1S/C24H23N3O5S2/c1-14-9-18(15(2)27(14)24-25-7-8-33-24)19(28)12-32-22(29)11-17-13-34-23(26-17)16-5-6-20(30-3)21(10-16)31-4/h5-10,13H,11-12H2,1-4H3. The molecule has 4 rings (SSSR count). The van der Waals surface area contributed by atoms with Crippen LogP contribution in [0, 0.1) is 13.8 Å². The molecule has 0 bridgehead atoms. The van der Waals surface area contributed by atoms with Crippen molar-refractivity contribution in [3.05, 3.63) is 63.9 Å². The van der Waals surface area contributed by atoms with Crippen LogP contribution in [0.25, 0.3) is 15.7 Å². The summed E-state index contributed by atoms with van der Waals surface area (Å²) in [5, 5.41) is 5.22. The molecule has 0 atom stereocenters. The third-order valence-corrected chi connectivity index (χ3v) is 6.91. The van der Waals surface area contributed by atoms with Crippen molar-refractivity contribution < 1.29 is 23.8 Å². The van der Waals surface area contributed by atoms with Gasteiger partial charge >= 0.3 is 5.97 Å². The molecule has 3 aromatic heterocycles. The van der Waals surface area contributed by atoms with Crippen molar-refractivity contribution in [3.63, 3.8) is 0 Å². The summed E-state index contributed by atoms with van der Waals surface area (Å²) >= 11 is 2.90. The third-order valence-electron chi connectivity index (χ3n) is 5.21. The van der Waals surface area contributed by atoms with Gasteiger partial charge in [-0.3, -0.25) is 14.2 Å². The van der Waals surface area contributed by atoms with Gasteiger partial charge in [0.15, 0.2) is 23.2 Å². The number of hydrogen-bond acceptors (Lipinski definition) is 9. The van der Waals surface area contributed by atoms with Crippen LogP contribution in [-0.2, 0) is 16.0 Å². The second-order valence-corrected chi connectivity index (χ2v) is 9.14. The molecule has 0 N–H and O–H groups in total. The van der Waals surface area contributed by atoms with Gasteiger partial charge in [0.25, 0.3) is 0 Å². The fraction of sp³-hybridized carbons (Fsp3) is 0.250. The molecule has 0 saturated heterocycles. The highest BCUT2D eigenvalue weighted by atomic mass is 32.1. The minimum Gasteiger partial charge on any atom is -0.493 e. The van der Waals surface area contributed by atoms with Gasteiger partial charge in [-0.05, 0) is 38.1 Å². The van der Waals surface area contributed by atoms with Crippen LogP contribution in [0.5, 0.6) is 11.5 Å². The zero-order chi connectivity index (χ0) is 24.2. The monoisotopic (exact) mass is 497 g/mol. The SMILES string of the molecule is COc1ccc(-c2nc(CC(=O)OCC(=O)c3cc(C)n(-c4nccs4)c3C)cs2)cc1OC. The number of aryl methyl sites for hydroxylation is 1. The molecule has 176 valence electrons. The maximum atomic E-state index is 12.7. The quantitative estimate of drug-likeness (QED) is 0.245. The van der Waals surface area contributed by atoms with Gasteiger partial charge < -0.3 is 14.2 Å². The fourth-order valence-corrected chi connectivity index (χ4v) is 5.15. The Hall–Kier alpha value is -3.50. The first kappa shape index (κ1) is 23.7. The van der Waals surface area contributed by atoms with Crippen LogP contribution in [0.2, 0.25) is 0 Å². The molecular weight excluding hydrogens is 474 g/mol. The first-order chi connectivity index (χ1) is 16.4. The molecule has 34 heavy (non-hydrogen) atoms. The number of esters is 1. The number of nitrogens with zero attached hydrogens (tertiary/aromatic N) is 3. The van der Waals surface area contributed by atoms with Crippen molar-refractivity contribution in [2.75, 3.05) is 20.8 Å². The summed E-state index contributed by atoms with van der Waals surface area (Å²) in [5.41, 5.74) is 3.62. The number of benzene rings is 1. The largest absolute Gasteiger partial charge is 0.493 e. The minimum atomic E-state index is -0.508. The van der Waals surface area contributed by atoms with Gasteiger partial charge in [-0.2, -0.15) is 0 Å². The number of rotatable bonds is 9. The third kappa shape index (κ3) is 4.87. The number of thiazole rings is 2. The van der Waals surface area contributed by atoms with Crippen molar-refractivity contribution in [1.82, 2.24) is 14.5 Å². The van der Waals surface area contributed by atoms with E-state index in [9.17, 15) is 9.59 Å². The number of Topliss-reactive ketones (excluding diaryl/α,β-unsaturated/α-hetero) is 1. The van der Waals surface area contributed by atoms with Gasteiger partial charge in [0.05, 0.1) is 26.3 Å². The Bertz CT molecular complexity index is 1320. The summed E-state index contributed by atoms with van der Waals surface area (Å²) in [7, 11) is 3.15. The Morgan fingerprint density at radius 3 is 2.56 bits per heavy atom. The first-order valence-corrected chi connectivity index (χ1v) is 12.1. The topological polar surface area (TPSA) is 92.5 Å². The lowest BCUT2D eigenvalue weighted by Gasteiger charge is -2.08. The molecule has 3 heterocycles. The van der Waals surface area contributed by atoms with Crippen molar-refractivity contribution >= 4 is 34.4 Å². The lowest BCUT2D eigenvalue weighted by atomic mass is 10.1. The Balaban J connectivity index is 1.38. The molecule has 8 nitrogen and oxygen atoms in total. The van der Waals surface area contributed by atoms with E-state index in [0.717, 1.165) is 27.1 Å². The number of carbonyl (C=O) groups is 2. The van der Waals surface area contributed by atoms with Gasteiger partial charge in [-0.25, -0.2) is 9.97 Å². The van der Waals surface area contributed by atoms with Gasteiger partial charge in [0, 0.05) is 39.5 Å². The lowest BCUT2D eigenvalue weighted by molar-refractivity contribution is -0.141. The highest BCUT2D eigenvalue weighted by Crippen LogP contribution is 2.33. The Morgan fingerprint density at radius 2 is 1.85 bits per heavy atom. The van der Waals surface area contributed by atoms with Crippen LogP contribution < -0.4 is 9.47 Å². The van der Waals surface area contributed by atoms with Crippen LogP contribution >= 0.6 is 22.7 Å². The fourth-order valence-electron chi connectivity index (χ4n) is 3.58. The van der Waals surface area contributed by atoms with Gasteiger partial charge in [0.1, 0.15) is 5.01 Å². The number of aromatic nitrogens is 3. The number of ether oxygens (including phenoxy) is 3. The van der Waals surface area contributed by atoms with E-state index in [1.165, 1.54) is 22.7 Å². The van der Waals surface area contributed by atoms with Crippen LogP contribution in [0.4, 0.5) is 0 Å². The predicted molar refractivity (Wildman–Crippen MR) is 131 cm³/mol.